The number of benzene rings is 1. The Labute approximate surface area is 122 Å². The summed E-state index contributed by atoms with van der Waals surface area (Å²) in [6.07, 6.45) is 0.994. The van der Waals surface area contributed by atoms with E-state index in [9.17, 15) is 9.32 Å². The fourth-order valence-electron chi connectivity index (χ4n) is 1.65. The summed E-state index contributed by atoms with van der Waals surface area (Å²) in [5.74, 6) is 1.11. The van der Waals surface area contributed by atoms with Crippen LogP contribution in [0.1, 0.15) is 12.5 Å². The van der Waals surface area contributed by atoms with Crippen LogP contribution in [0.4, 0.5) is 0 Å². The molecule has 0 heterocycles. The predicted molar refractivity (Wildman–Crippen MR) is 79.1 cm³/mol. The average molecular weight is 296 g/mol. The van der Waals surface area contributed by atoms with Crippen LogP contribution in [0.2, 0.25) is 0 Å². The van der Waals surface area contributed by atoms with Gasteiger partial charge in [-0.2, -0.15) is 5.26 Å². The second-order valence-electron chi connectivity index (χ2n) is 4.65. The molecule has 0 radical (unpaired) electrons. The Morgan fingerprint density at radius 2 is 2.30 bits per heavy atom. The largest absolute Gasteiger partial charge is 0.491 e. The molecule has 0 spiro atoms. The molecule has 1 aromatic rings. The third kappa shape index (κ3) is 6.66. The van der Waals surface area contributed by atoms with Gasteiger partial charge < -0.3 is 15.2 Å². The molecule has 0 aliphatic rings. The molecular formula is C14H20N2O3S. The summed E-state index contributed by atoms with van der Waals surface area (Å²) in [4.78, 5) is 0. The van der Waals surface area contributed by atoms with E-state index in [0.29, 0.717) is 23.6 Å². The number of nitriles is 1. The molecule has 20 heavy (non-hydrogen) atoms. The first-order valence-electron chi connectivity index (χ1n) is 6.35. The lowest BCUT2D eigenvalue weighted by Crippen LogP contribution is -2.39. The van der Waals surface area contributed by atoms with Crippen molar-refractivity contribution < 1.29 is 14.1 Å². The fraction of sp³-hybridized carbons (Fsp3) is 0.500. The molecular weight excluding hydrogens is 276 g/mol. The zero-order chi connectivity index (χ0) is 15.0. The lowest BCUT2D eigenvalue weighted by Gasteiger charge is -2.16. The molecule has 0 bridgehead atoms. The van der Waals surface area contributed by atoms with E-state index in [2.05, 4.69) is 5.32 Å². The number of aliphatic hydroxyl groups excluding tert-OH is 1. The predicted octanol–water partition coefficient (Wildman–Crippen LogP) is 0.655. The van der Waals surface area contributed by atoms with Crippen molar-refractivity contribution in [3.63, 3.8) is 0 Å². The van der Waals surface area contributed by atoms with Crippen LogP contribution in [-0.2, 0) is 10.8 Å². The van der Waals surface area contributed by atoms with E-state index < -0.39 is 16.9 Å². The monoisotopic (exact) mass is 296 g/mol. The van der Waals surface area contributed by atoms with Crippen LogP contribution in [0.5, 0.6) is 5.75 Å². The molecule has 5 nitrogen and oxygen atoms in total. The molecule has 0 amide bonds. The first-order chi connectivity index (χ1) is 9.51. The lowest BCUT2D eigenvalue weighted by atomic mass is 10.2. The highest BCUT2D eigenvalue weighted by atomic mass is 32.2. The molecule has 1 aromatic carbocycles. The Hall–Kier alpha value is -1.42. The summed E-state index contributed by atoms with van der Waals surface area (Å²) in [6.45, 7) is 2.44. The first-order valence-corrected chi connectivity index (χ1v) is 8.08. The van der Waals surface area contributed by atoms with Gasteiger partial charge in [0.25, 0.3) is 0 Å². The smallest absolute Gasteiger partial charge is 0.120 e. The van der Waals surface area contributed by atoms with E-state index in [-0.39, 0.29) is 12.6 Å². The summed E-state index contributed by atoms with van der Waals surface area (Å²) < 4.78 is 16.5. The van der Waals surface area contributed by atoms with Gasteiger partial charge >= 0.3 is 0 Å². The number of nitrogens with zero attached hydrogens (tertiary/aromatic N) is 1. The van der Waals surface area contributed by atoms with Gasteiger partial charge in [0, 0.05) is 35.4 Å². The van der Waals surface area contributed by atoms with Crippen LogP contribution in [0.3, 0.4) is 0 Å². The standard InChI is InChI=1S/C14H20N2O3S/c1-11(10-20(2)18)16-8-13(17)9-19-14-5-3-4-12(6-14)7-15/h3-6,11,13,16-17H,8-10H2,1-2H3. The van der Waals surface area contributed by atoms with Crippen molar-refractivity contribution in [2.45, 2.75) is 19.1 Å². The van der Waals surface area contributed by atoms with E-state index in [4.69, 9.17) is 10.00 Å². The van der Waals surface area contributed by atoms with Gasteiger partial charge in [-0.3, -0.25) is 4.21 Å². The molecule has 0 aliphatic carbocycles. The van der Waals surface area contributed by atoms with Crippen molar-refractivity contribution in [3.8, 4) is 11.8 Å². The molecule has 110 valence electrons. The van der Waals surface area contributed by atoms with Gasteiger partial charge in [-0.15, -0.1) is 0 Å². The Morgan fingerprint density at radius 1 is 1.55 bits per heavy atom. The van der Waals surface area contributed by atoms with E-state index in [1.165, 1.54) is 0 Å². The van der Waals surface area contributed by atoms with Crippen molar-refractivity contribution in [1.29, 1.82) is 5.26 Å². The highest BCUT2D eigenvalue weighted by Crippen LogP contribution is 2.12. The van der Waals surface area contributed by atoms with E-state index >= 15 is 0 Å². The summed E-state index contributed by atoms with van der Waals surface area (Å²) in [6, 6.07) is 8.90. The highest BCUT2D eigenvalue weighted by molar-refractivity contribution is 7.84. The molecule has 1 rings (SSSR count). The Morgan fingerprint density at radius 3 is 2.95 bits per heavy atom. The third-order valence-electron chi connectivity index (χ3n) is 2.59. The topological polar surface area (TPSA) is 82.3 Å². The van der Waals surface area contributed by atoms with E-state index in [1.807, 2.05) is 13.0 Å². The molecule has 3 atom stereocenters. The fourth-order valence-corrected chi connectivity index (χ4v) is 2.48. The molecule has 0 aliphatic heterocycles. The minimum Gasteiger partial charge on any atom is -0.491 e. The van der Waals surface area contributed by atoms with E-state index in [1.54, 1.807) is 30.5 Å². The third-order valence-corrected chi connectivity index (χ3v) is 3.56. The van der Waals surface area contributed by atoms with Crippen molar-refractivity contribution in [2.24, 2.45) is 0 Å². The Balaban J connectivity index is 2.30. The Bertz CT molecular complexity index is 488. The number of hydrogen-bond acceptors (Lipinski definition) is 5. The number of nitrogens with one attached hydrogen (secondary N) is 1. The van der Waals surface area contributed by atoms with Crippen molar-refractivity contribution in [2.75, 3.05) is 25.2 Å². The maximum Gasteiger partial charge on any atom is 0.120 e. The van der Waals surface area contributed by atoms with Gasteiger partial charge in [0.2, 0.25) is 0 Å². The lowest BCUT2D eigenvalue weighted by molar-refractivity contribution is 0.105. The normalized spacial score (nSPS) is 15.1. The number of ether oxygens (including phenoxy) is 1. The maximum atomic E-state index is 11.0. The van der Waals surface area contributed by atoms with Crippen LogP contribution in [-0.4, -0.2) is 46.6 Å². The summed E-state index contributed by atoms with van der Waals surface area (Å²) >= 11 is 0. The van der Waals surface area contributed by atoms with Gasteiger partial charge in [0.15, 0.2) is 0 Å². The molecule has 0 saturated heterocycles. The van der Waals surface area contributed by atoms with Crippen LogP contribution in [0, 0.1) is 11.3 Å². The van der Waals surface area contributed by atoms with Crippen molar-refractivity contribution >= 4 is 10.8 Å². The van der Waals surface area contributed by atoms with Gasteiger partial charge in [-0.1, -0.05) is 6.07 Å². The second-order valence-corrected chi connectivity index (χ2v) is 6.13. The molecule has 3 unspecified atom stereocenters. The Kier molecular flexibility index (Phi) is 7.23. The van der Waals surface area contributed by atoms with Gasteiger partial charge in [0.1, 0.15) is 18.5 Å². The van der Waals surface area contributed by atoms with E-state index in [0.717, 1.165) is 0 Å². The van der Waals surface area contributed by atoms with Gasteiger partial charge in [0.05, 0.1) is 11.6 Å². The summed E-state index contributed by atoms with van der Waals surface area (Å²) in [5.41, 5.74) is 0.522. The minimum atomic E-state index is -0.854. The maximum absolute atomic E-state index is 11.0. The molecule has 0 aromatic heterocycles. The minimum absolute atomic E-state index is 0.0809. The quantitative estimate of drug-likeness (QED) is 0.736. The SMILES string of the molecule is CC(CS(C)=O)NCC(O)COc1cccc(C#N)c1. The number of rotatable bonds is 8. The molecule has 0 fully saturated rings. The number of hydrogen-bond donors (Lipinski definition) is 2. The van der Waals surface area contributed by atoms with Crippen LogP contribution < -0.4 is 10.1 Å². The number of aliphatic hydroxyl groups is 1. The van der Waals surface area contributed by atoms with Gasteiger partial charge in [-0.05, 0) is 25.1 Å². The van der Waals surface area contributed by atoms with Crippen molar-refractivity contribution in [3.05, 3.63) is 29.8 Å². The zero-order valence-corrected chi connectivity index (χ0v) is 12.5. The van der Waals surface area contributed by atoms with Crippen LogP contribution >= 0.6 is 0 Å². The summed E-state index contributed by atoms with van der Waals surface area (Å²) in [5, 5.41) is 21.7. The second kappa shape index (κ2) is 8.69. The molecule has 2 N–H and O–H groups in total. The first kappa shape index (κ1) is 16.6. The van der Waals surface area contributed by atoms with Crippen molar-refractivity contribution in [1.82, 2.24) is 5.32 Å². The zero-order valence-electron chi connectivity index (χ0n) is 11.7. The van der Waals surface area contributed by atoms with Gasteiger partial charge in [-0.25, -0.2) is 0 Å². The highest BCUT2D eigenvalue weighted by Gasteiger charge is 2.09. The average Bonchev–Trinajstić information content (AvgIpc) is 2.42. The van der Waals surface area contributed by atoms with Crippen LogP contribution in [0.15, 0.2) is 24.3 Å². The van der Waals surface area contributed by atoms with Crippen LogP contribution in [0.25, 0.3) is 0 Å². The molecule has 6 heteroatoms. The molecule has 0 saturated carbocycles. The summed E-state index contributed by atoms with van der Waals surface area (Å²) in [7, 11) is -0.854.